The van der Waals surface area contributed by atoms with Crippen LogP contribution in [-0.4, -0.2) is 22.3 Å². The van der Waals surface area contributed by atoms with Gasteiger partial charge < -0.3 is 5.73 Å². The first kappa shape index (κ1) is 13.4. The molecule has 0 fully saturated rings. The number of hydrogen-bond acceptors (Lipinski definition) is 6. The lowest BCUT2D eigenvalue weighted by atomic mass is 10.2. The number of carbonyl (C=O) groups is 1. The maximum atomic E-state index is 11.5. The van der Waals surface area contributed by atoms with E-state index in [2.05, 4.69) is 20.7 Å². The third-order valence-electron chi connectivity index (χ3n) is 2.05. The second-order valence-electron chi connectivity index (χ2n) is 3.56. The van der Waals surface area contributed by atoms with Gasteiger partial charge in [0.2, 0.25) is 11.0 Å². The second-order valence-corrected chi connectivity index (χ2v) is 5.09. The minimum absolute atomic E-state index is 0.0990. The number of nitrogen functional groups attached to an aromatic ring is 1. The number of halogens is 1. The molecule has 1 aromatic heterocycles. The van der Waals surface area contributed by atoms with Gasteiger partial charge in [0.15, 0.2) is 0 Å². The molecule has 2 rings (SSSR count). The van der Waals surface area contributed by atoms with Gasteiger partial charge in [-0.15, -0.1) is 10.2 Å². The van der Waals surface area contributed by atoms with Crippen molar-refractivity contribution >= 4 is 40.2 Å². The average molecular weight is 296 g/mol. The van der Waals surface area contributed by atoms with Crippen LogP contribution in [0.15, 0.2) is 29.4 Å². The maximum Gasteiger partial charge on any atom is 0.247 e. The third-order valence-corrected chi connectivity index (χ3v) is 3.03. The molecule has 1 amide bonds. The highest BCUT2D eigenvalue weighted by molar-refractivity contribution is 7.15. The first-order valence-electron chi connectivity index (χ1n) is 5.29. The van der Waals surface area contributed by atoms with Crippen molar-refractivity contribution in [2.24, 2.45) is 5.10 Å². The van der Waals surface area contributed by atoms with Crippen molar-refractivity contribution in [2.45, 2.75) is 6.42 Å². The highest BCUT2D eigenvalue weighted by atomic mass is 35.5. The molecule has 8 heteroatoms. The Bertz CT molecular complexity index is 613. The van der Waals surface area contributed by atoms with Gasteiger partial charge in [0.25, 0.3) is 0 Å². The quantitative estimate of drug-likeness (QED) is 0.660. The standard InChI is InChI=1S/C11H10ClN5OS/c12-8-3-1-2-7(4-8)6-14-15-9(18)5-10-16-17-11(13)19-10/h1-4,6H,5H2,(H2,13,17)(H,15,18)/b14-6-. The van der Waals surface area contributed by atoms with E-state index in [0.29, 0.717) is 15.2 Å². The van der Waals surface area contributed by atoms with Crippen LogP contribution in [-0.2, 0) is 11.2 Å². The number of hydrazone groups is 1. The molecule has 3 N–H and O–H groups in total. The number of carbonyl (C=O) groups excluding carboxylic acids is 1. The lowest BCUT2D eigenvalue weighted by molar-refractivity contribution is -0.120. The van der Waals surface area contributed by atoms with Gasteiger partial charge in [0.05, 0.1) is 12.6 Å². The van der Waals surface area contributed by atoms with Crippen LogP contribution in [0.1, 0.15) is 10.6 Å². The number of anilines is 1. The Kier molecular flexibility index (Phi) is 4.43. The fourth-order valence-corrected chi connectivity index (χ4v) is 2.09. The molecule has 0 aliphatic heterocycles. The van der Waals surface area contributed by atoms with E-state index in [1.807, 2.05) is 6.07 Å². The van der Waals surface area contributed by atoms with Gasteiger partial charge in [-0.05, 0) is 17.7 Å². The van der Waals surface area contributed by atoms with Gasteiger partial charge in [-0.1, -0.05) is 35.1 Å². The summed E-state index contributed by atoms with van der Waals surface area (Å²) in [5.41, 5.74) is 8.61. The van der Waals surface area contributed by atoms with Crippen molar-refractivity contribution < 1.29 is 4.79 Å². The number of nitrogens with zero attached hydrogens (tertiary/aromatic N) is 3. The number of nitrogens with two attached hydrogens (primary N) is 1. The molecule has 1 aromatic carbocycles. The summed E-state index contributed by atoms with van der Waals surface area (Å²) in [7, 11) is 0. The SMILES string of the molecule is Nc1nnc(CC(=O)N/N=C\c2cccc(Cl)c2)s1. The molecule has 19 heavy (non-hydrogen) atoms. The van der Waals surface area contributed by atoms with Gasteiger partial charge in [-0.2, -0.15) is 5.10 Å². The molecule has 0 aliphatic carbocycles. The van der Waals surface area contributed by atoms with E-state index in [9.17, 15) is 4.79 Å². The van der Waals surface area contributed by atoms with Crippen molar-refractivity contribution in [3.05, 3.63) is 39.9 Å². The Morgan fingerprint density at radius 1 is 1.53 bits per heavy atom. The Hall–Kier alpha value is -1.99. The van der Waals surface area contributed by atoms with Crippen LogP contribution in [0, 0.1) is 0 Å². The van der Waals surface area contributed by atoms with E-state index in [1.54, 1.807) is 18.2 Å². The van der Waals surface area contributed by atoms with E-state index in [4.69, 9.17) is 17.3 Å². The van der Waals surface area contributed by atoms with Crippen LogP contribution >= 0.6 is 22.9 Å². The van der Waals surface area contributed by atoms with Crippen molar-refractivity contribution in [3.8, 4) is 0 Å². The van der Waals surface area contributed by atoms with Gasteiger partial charge in [0, 0.05) is 5.02 Å². The summed E-state index contributed by atoms with van der Waals surface area (Å²) in [6.07, 6.45) is 1.61. The second kappa shape index (κ2) is 6.26. The van der Waals surface area contributed by atoms with Crippen LogP contribution in [0.5, 0.6) is 0 Å². The molecular formula is C11H10ClN5OS. The number of rotatable bonds is 4. The van der Waals surface area contributed by atoms with Crippen molar-refractivity contribution in [1.29, 1.82) is 0 Å². The lowest BCUT2D eigenvalue weighted by Crippen LogP contribution is -2.19. The Balaban J connectivity index is 1.86. The average Bonchev–Trinajstić information content (AvgIpc) is 2.75. The highest BCUT2D eigenvalue weighted by Gasteiger charge is 2.06. The van der Waals surface area contributed by atoms with Crippen LogP contribution in [0.3, 0.4) is 0 Å². The van der Waals surface area contributed by atoms with Crippen LogP contribution in [0.4, 0.5) is 5.13 Å². The molecule has 0 saturated carbocycles. The summed E-state index contributed by atoms with van der Waals surface area (Å²) >= 11 is 6.99. The lowest BCUT2D eigenvalue weighted by Gasteiger charge is -1.96. The van der Waals surface area contributed by atoms with Crippen LogP contribution in [0.25, 0.3) is 0 Å². The van der Waals surface area contributed by atoms with E-state index < -0.39 is 0 Å². The molecule has 0 spiro atoms. The molecule has 0 unspecified atom stereocenters. The van der Waals surface area contributed by atoms with E-state index in [1.165, 1.54) is 17.6 Å². The zero-order valence-corrected chi connectivity index (χ0v) is 11.3. The molecule has 0 saturated heterocycles. The maximum absolute atomic E-state index is 11.5. The first-order chi connectivity index (χ1) is 9.13. The van der Waals surface area contributed by atoms with Gasteiger partial charge in [-0.25, -0.2) is 5.43 Å². The van der Waals surface area contributed by atoms with Gasteiger partial charge >= 0.3 is 0 Å². The van der Waals surface area contributed by atoms with E-state index in [0.717, 1.165) is 5.56 Å². The van der Waals surface area contributed by atoms with Crippen molar-refractivity contribution in [2.75, 3.05) is 5.73 Å². The summed E-state index contributed by atoms with van der Waals surface area (Å²) in [4.78, 5) is 11.5. The molecule has 0 radical (unpaired) electrons. The normalized spacial score (nSPS) is 10.8. The minimum Gasteiger partial charge on any atom is -0.374 e. The third kappa shape index (κ3) is 4.31. The zero-order chi connectivity index (χ0) is 13.7. The summed E-state index contributed by atoms with van der Waals surface area (Å²) < 4.78 is 0. The fraction of sp³-hybridized carbons (Fsp3) is 0.0909. The predicted octanol–water partition coefficient (Wildman–Crippen LogP) is 1.47. The molecule has 0 atom stereocenters. The zero-order valence-electron chi connectivity index (χ0n) is 9.71. The molecule has 0 bridgehead atoms. The smallest absolute Gasteiger partial charge is 0.247 e. The van der Waals surface area contributed by atoms with Crippen LogP contribution < -0.4 is 11.2 Å². The van der Waals surface area contributed by atoms with E-state index in [-0.39, 0.29) is 12.3 Å². The topological polar surface area (TPSA) is 93.3 Å². The largest absolute Gasteiger partial charge is 0.374 e. The predicted molar refractivity (Wildman–Crippen MR) is 75.2 cm³/mol. The summed E-state index contributed by atoms with van der Waals surface area (Å²) in [5.74, 6) is -0.283. The number of nitrogens with one attached hydrogen (secondary N) is 1. The fourth-order valence-electron chi connectivity index (χ4n) is 1.28. The Morgan fingerprint density at radius 3 is 3.05 bits per heavy atom. The molecule has 98 valence electrons. The molecule has 1 heterocycles. The van der Waals surface area contributed by atoms with Gasteiger partial charge in [-0.3, -0.25) is 4.79 Å². The van der Waals surface area contributed by atoms with E-state index >= 15 is 0 Å². The van der Waals surface area contributed by atoms with Gasteiger partial charge in [0.1, 0.15) is 5.01 Å². The summed E-state index contributed by atoms with van der Waals surface area (Å²) in [6, 6.07) is 7.13. The first-order valence-corrected chi connectivity index (χ1v) is 6.48. The minimum atomic E-state index is -0.283. The number of hydrogen-bond donors (Lipinski definition) is 2. The molecule has 6 nitrogen and oxygen atoms in total. The molecule has 2 aromatic rings. The monoisotopic (exact) mass is 295 g/mol. The van der Waals surface area contributed by atoms with Crippen molar-refractivity contribution in [3.63, 3.8) is 0 Å². The molecular weight excluding hydrogens is 286 g/mol. The van der Waals surface area contributed by atoms with Crippen LogP contribution in [0.2, 0.25) is 5.02 Å². The molecule has 0 aliphatic rings. The van der Waals surface area contributed by atoms with Crippen molar-refractivity contribution in [1.82, 2.24) is 15.6 Å². The Morgan fingerprint density at radius 2 is 2.37 bits per heavy atom. The highest BCUT2D eigenvalue weighted by Crippen LogP contribution is 2.11. The number of aromatic nitrogens is 2. The number of benzene rings is 1. The summed E-state index contributed by atoms with van der Waals surface area (Å²) in [6.45, 7) is 0. The number of amides is 1. The Labute approximate surface area is 118 Å². The summed E-state index contributed by atoms with van der Waals surface area (Å²) in [5, 5.41) is 12.7.